The van der Waals surface area contributed by atoms with Crippen LogP contribution in [0.5, 0.6) is 0 Å². The Bertz CT molecular complexity index is 643. The normalized spacial score (nSPS) is 12.1. The van der Waals surface area contributed by atoms with E-state index in [4.69, 9.17) is 0 Å². The molecule has 0 aliphatic heterocycles. The van der Waals surface area contributed by atoms with Crippen molar-refractivity contribution in [1.29, 1.82) is 0 Å². The van der Waals surface area contributed by atoms with Gasteiger partial charge in [0.25, 0.3) is 0 Å². The molecule has 0 fully saturated rings. The molecule has 0 aliphatic carbocycles. The summed E-state index contributed by atoms with van der Waals surface area (Å²) in [5, 5.41) is 11.3. The van der Waals surface area contributed by atoms with E-state index in [9.17, 15) is 9.90 Å². The number of carboxylic acid groups (broad SMARTS) is 1. The van der Waals surface area contributed by atoms with Crippen LogP contribution in [0.3, 0.4) is 0 Å². The molecule has 0 radical (unpaired) electrons. The van der Waals surface area contributed by atoms with Crippen molar-refractivity contribution in [2.24, 2.45) is 0 Å². The first-order valence-electron chi connectivity index (χ1n) is 9.26. The Labute approximate surface area is 153 Å². The molecule has 134 valence electrons. The van der Waals surface area contributed by atoms with Gasteiger partial charge in [0.15, 0.2) is 0 Å². The molecule has 0 spiro atoms. The van der Waals surface area contributed by atoms with Gasteiger partial charge < -0.3 is 0 Å². The number of aromatic carboxylic acids is 1. The van der Waals surface area contributed by atoms with Crippen molar-refractivity contribution < 1.29 is 9.90 Å². The predicted molar refractivity (Wildman–Crippen MR) is 102 cm³/mol. The Morgan fingerprint density at radius 1 is 1.12 bits per heavy atom. The number of hydrogen-bond acceptors (Lipinski definition) is 4. The molecule has 2 rings (SSSR count). The van der Waals surface area contributed by atoms with Gasteiger partial charge in [-0.15, -0.1) is 0 Å². The van der Waals surface area contributed by atoms with Crippen LogP contribution in [0.2, 0.25) is 13.3 Å². The zero-order valence-electron chi connectivity index (χ0n) is 15.1. The third-order valence-electron chi connectivity index (χ3n) is 4.95. The first-order chi connectivity index (χ1) is 11.6. The molecule has 0 aliphatic rings. The van der Waals surface area contributed by atoms with Crippen LogP contribution in [0.25, 0.3) is 4.83 Å². The van der Waals surface area contributed by atoms with E-state index >= 15 is 0 Å². The van der Waals surface area contributed by atoms with Gasteiger partial charge in [-0.3, -0.25) is 0 Å². The van der Waals surface area contributed by atoms with Crippen molar-refractivity contribution in [2.75, 3.05) is 0 Å². The molecular weight excluding hydrogens is 427 g/mol. The first kappa shape index (κ1) is 19.8. The monoisotopic (exact) mass is 457 g/mol. The summed E-state index contributed by atoms with van der Waals surface area (Å²) in [4.78, 5) is 16.0. The van der Waals surface area contributed by atoms with Crippen molar-refractivity contribution in [3.8, 4) is 0 Å². The van der Waals surface area contributed by atoms with Crippen molar-refractivity contribution >= 4 is 43.4 Å². The third kappa shape index (κ3) is 4.34. The summed E-state index contributed by atoms with van der Waals surface area (Å²) < 4.78 is 7.62. The molecule has 2 aromatic heterocycles. The molecule has 4 nitrogen and oxygen atoms in total. The van der Waals surface area contributed by atoms with E-state index in [2.05, 4.69) is 32.0 Å². The molecule has 2 aromatic rings. The number of unbranched alkanes of at least 4 members (excludes halogenated alkanes) is 3. The Hall–Kier alpha value is -0.561. The summed E-state index contributed by atoms with van der Waals surface area (Å²) in [6, 6.07) is 0. The standard InChI is InChI=1S/C6H3N2O2S.3C4H9.Sn/c9-6(10)4-5-8(3-7-4)1-2-11-5;3*1-3-4-2;/h1,3H,(H,9,10);3*1,3-4H2,2H3;/p-1. The van der Waals surface area contributed by atoms with Crippen molar-refractivity contribution in [2.45, 2.75) is 72.6 Å². The average molecular weight is 456 g/mol. The van der Waals surface area contributed by atoms with Crippen LogP contribution in [-0.2, 0) is 0 Å². The zero-order valence-corrected chi connectivity index (χ0v) is 18.8. The molecule has 0 atom stereocenters. The Kier molecular flexibility index (Phi) is 7.59. The number of rotatable bonds is 11. The van der Waals surface area contributed by atoms with Gasteiger partial charge in [0.2, 0.25) is 0 Å². The Morgan fingerprint density at radius 2 is 1.67 bits per heavy atom. The van der Waals surface area contributed by atoms with Gasteiger partial charge in [-0.25, -0.2) is 0 Å². The van der Waals surface area contributed by atoms with Crippen molar-refractivity contribution in [1.82, 2.24) is 9.38 Å². The predicted octanol–water partition coefficient (Wildman–Crippen LogP) is 3.82. The minimum absolute atomic E-state index is 0.105. The summed E-state index contributed by atoms with van der Waals surface area (Å²) in [6.07, 6.45) is 11.5. The summed E-state index contributed by atoms with van der Waals surface area (Å²) in [7, 11) is 0. The van der Waals surface area contributed by atoms with Crippen LogP contribution in [0.1, 0.15) is 69.8 Å². The maximum absolute atomic E-state index is 11.3. The van der Waals surface area contributed by atoms with Gasteiger partial charge in [-0.05, 0) is 0 Å². The molecule has 0 unspecified atom stereocenters. The molecule has 24 heavy (non-hydrogen) atoms. The van der Waals surface area contributed by atoms with Crippen LogP contribution >= 0.6 is 11.3 Å². The van der Waals surface area contributed by atoms with Crippen LogP contribution in [0.4, 0.5) is 0 Å². The number of carbonyl (C=O) groups is 1. The maximum atomic E-state index is 11.3. The fourth-order valence-corrected chi connectivity index (χ4v) is 23.5. The third-order valence-corrected chi connectivity index (χ3v) is 24.2. The molecule has 0 N–H and O–H groups in total. The van der Waals surface area contributed by atoms with Gasteiger partial charge in [0, 0.05) is 0 Å². The van der Waals surface area contributed by atoms with E-state index in [1.54, 1.807) is 17.7 Å². The molecule has 6 heteroatoms. The molecule has 0 bridgehead atoms. The first-order valence-corrected chi connectivity index (χ1v) is 17.6. The van der Waals surface area contributed by atoms with E-state index in [-0.39, 0.29) is 5.69 Å². The second-order valence-electron chi connectivity index (χ2n) is 6.78. The number of fused-ring (bicyclic) bond motifs is 1. The number of thiazole rings is 1. The summed E-state index contributed by atoms with van der Waals surface area (Å²) in [6.45, 7) is 6.82. The van der Waals surface area contributed by atoms with Crippen molar-refractivity contribution in [3.63, 3.8) is 0 Å². The molecular formula is C18H29N2O2SSn-. The van der Waals surface area contributed by atoms with E-state index in [1.165, 1.54) is 54.7 Å². The Balaban J connectivity index is 2.44. The average Bonchev–Trinajstić information content (AvgIpc) is 3.15. The Morgan fingerprint density at radius 3 is 2.12 bits per heavy atom. The molecule has 0 amide bonds. The molecule has 0 saturated heterocycles. The quantitative estimate of drug-likeness (QED) is 0.484. The van der Waals surface area contributed by atoms with Crippen molar-refractivity contribution in [3.05, 3.63) is 18.2 Å². The fraction of sp³-hybridized carbons (Fsp3) is 0.667. The van der Waals surface area contributed by atoms with Gasteiger partial charge >= 0.3 is 154 Å². The van der Waals surface area contributed by atoms with Crippen LogP contribution in [0, 0.1) is 0 Å². The number of aromatic nitrogens is 2. The number of carboxylic acids is 1. The second kappa shape index (κ2) is 9.22. The zero-order chi connectivity index (χ0) is 17.6. The van der Waals surface area contributed by atoms with Crippen LogP contribution < -0.4 is 8.00 Å². The second-order valence-corrected chi connectivity index (χ2v) is 22.0. The van der Waals surface area contributed by atoms with E-state index < -0.39 is 24.3 Å². The van der Waals surface area contributed by atoms with Gasteiger partial charge in [0.1, 0.15) is 0 Å². The van der Waals surface area contributed by atoms with Crippen LogP contribution in [0.15, 0.2) is 12.5 Å². The minimum atomic E-state index is -2.48. The molecule has 0 saturated carbocycles. The van der Waals surface area contributed by atoms with E-state index in [0.717, 1.165) is 4.83 Å². The summed E-state index contributed by atoms with van der Waals surface area (Å²) in [5.74, 6) is -1.16. The van der Waals surface area contributed by atoms with Gasteiger partial charge in [-0.2, -0.15) is 0 Å². The number of nitrogens with zero attached hydrogens (tertiary/aromatic N) is 2. The van der Waals surface area contributed by atoms with E-state index in [1.807, 2.05) is 4.40 Å². The summed E-state index contributed by atoms with van der Waals surface area (Å²) >= 11 is -0.792. The number of carbonyl (C=O) groups excluding carboxylic acids is 1. The molecule has 2 heterocycles. The SMILES string of the molecule is CCC[CH2][Sn]([CH2]CCC)([CH2]CCC)[c]1cn2cnc(C(=O)[O-])c2s1. The molecule has 0 aromatic carbocycles. The van der Waals surface area contributed by atoms with E-state index in [0.29, 0.717) is 0 Å². The topological polar surface area (TPSA) is 57.4 Å². The number of hydrogen-bond donors (Lipinski definition) is 0. The van der Waals surface area contributed by atoms with Gasteiger partial charge in [0.05, 0.1) is 0 Å². The fourth-order valence-electron chi connectivity index (χ4n) is 3.48. The summed E-state index contributed by atoms with van der Waals surface area (Å²) in [5.41, 5.74) is 0.105. The number of imidazole rings is 1. The van der Waals surface area contributed by atoms with Gasteiger partial charge in [-0.1, -0.05) is 0 Å². The van der Waals surface area contributed by atoms with Crippen LogP contribution in [-0.4, -0.2) is 33.7 Å².